The Kier molecular flexibility index (Phi) is 4.70. The highest BCUT2D eigenvalue weighted by Crippen LogP contribution is 2.34. The van der Waals surface area contributed by atoms with Crippen molar-refractivity contribution in [3.63, 3.8) is 0 Å². The minimum atomic E-state index is -3.92. The lowest BCUT2D eigenvalue weighted by atomic mass is 9.74. The van der Waals surface area contributed by atoms with Gasteiger partial charge in [0.2, 0.25) is 10.0 Å². The maximum absolute atomic E-state index is 14.1. The molecule has 0 aliphatic heterocycles. The first-order valence-electron chi connectivity index (χ1n) is 7.31. The summed E-state index contributed by atoms with van der Waals surface area (Å²) in [6, 6.07) is 4.39. The van der Waals surface area contributed by atoms with Crippen LogP contribution in [0.15, 0.2) is 23.1 Å². The van der Waals surface area contributed by atoms with Crippen molar-refractivity contribution >= 4 is 10.0 Å². The molecule has 1 aliphatic rings. The average Bonchev–Trinajstić information content (AvgIpc) is 2.44. The Morgan fingerprint density at radius 2 is 2.14 bits per heavy atom. The van der Waals surface area contributed by atoms with Crippen LogP contribution >= 0.6 is 0 Å². The first kappa shape index (κ1) is 16.4. The summed E-state index contributed by atoms with van der Waals surface area (Å²) in [4.78, 5) is -0.298. The number of aryl methyl sites for hydroxylation is 1. The standard InChI is InChI=1S/C15H23FN2O2S/c1-11-6-5-8-13(14(11)16)21(19,20)18-15(10-17)9-4-3-7-12(15)2/h5-6,8,12,18H,3-4,7,9-10,17H2,1-2H3. The molecule has 21 heavy (non-hydrogen) atoms. The molecule has 0 radical (unpaired) electrons. The third-order valence-corrected chi connectivity index (χ3v) is 6.17. The van der Waals surface area contributed by atoms with Crippen molar-refractivity contribution in [2.45, 2.75) is 50.0 Å². The summed E-state index contributed by atoms with van der Waals surface area (Å²) in [5.74, 6) is -0.556. The lowest BCUT2D eigenvalue weighted by Gasteiger charge is -2.42. The molecule has 2 unspecified atom stereocenters. The average molecular weight is 314 g/mol. The minimum Gasteiger partial charge on any atom is -0.329 e. The van der Waals surface area contributed by atoms with E-state index >= 15 is 0 Å². The van der Waals surface area contributed by atoms with Crippen LogP contribution in [-0.4, -0.2) is 20.5 Å². The maximum Gasteiger partial charge on any atom is 0.244 e. The predicted molar refractivity (Wildman–Crippen MR) is 80.9 cm³/mol. The Bertz CT molecular complexity index is 618. The van der Waals surface area contributed by atoms with Crippen LogP contribution in [0.5, 0.6) is 0 Å². The Hall–Kier alpha value is -0.980. The van der Waals surface area contributed by atoms with Gasteiger partial charge in [-0.05, 0) is 37.3 Å². The highest BCUT2D eigenvalue weighted by Gasteiger charge is 2.41. The second-order valence-electron chi connectivity index (χ2n) is 6.00. The summed E-state index contributed by atoms with van der Waals surface area (Å²) in [6.07, 6.45) is 3.62. The van der Waals surface area contributed by atoms with E-state index in [2.05, 4.69) is 4.72 Å². The zero-order valence-corrected chi connectivity index (χ0v) is 13.3. The quantitative estimate of drug-likeness (QED) is 0.896. The zero-order chi connectivity index (χ0) is 15.7. The van der Waals surface area contributed by atoms with Crippen LogP contribution in [0, 0.1) is 18.7 Å². The van der Waals surface area contributed by atoms with Gasteiger partial charge in [0.25, 0.3) is 0 Å². The molecule has 2 atom stereocenters. The first-order chi connectivity index (χ1) is 9.82. The summed E-state index contributed by atoms with van der Waals surface area (Å²) in [7, 11) is -3.92. The molecule has 0 bridgehead atoms. The molecule has 0 spiro atoms. The molecule has 1 aromatic carbocycles. The number of nitrogens with one attached hydrogen (secondary N) is 1. The fourth-order valence-electron chi connectivity index (χ4n) is 3.06. The second-order valence-corrected chi connectivity index (χ2v) is 7.65. The summed E-state index contributed by atoms with van der Waals surface area (Å²) in [5.41, 5.74) is 5.50. The molecule has 0 aromatic heterocycles. The van der Waals surface area contributed by atoms with Crippen molar-refractivity contribution < 1.29 is 12.8 Å². The van der Waals surface area contributed by atoms with Crippen molar-refractivity contribution in [1.29, 1.82) is 0 Å². The van der Waals surface area contributed by atoms with Crippen LogP contribution in [0.2, 0.25) is 0 Å². The van der Waals surface area contributed by atoms with Crippen LogP contribution in [0.25, 0.3) is 0 Å². The van der Waals surface area contributed by atoms with Crippen LogP contribution in [-0.2, 0) is 10.0 Å². The topological polar surface area (TPSA) is 72.2 Å². The van der Waals surface area contributed by atoms with E-state index in [-0.39, 0.29) is 17.4 Å². The van der Waals surface area contributed by atoms with Gasteiger partial charge in [0.05, 0.1) is 0 Å². The van der Waals surface area contributed by atoms with E-state index in [4.69, 9.17) is 5.73 Å². The van der Waals surface area contributed by atoms with Crippen molar-refractivity contribution in [1.82, 2.24) is 4.72 Å². The van der Waals surface area contributed by atoms with E-state index in [1.165, 1.54) is 6.07 Å². The lowest BCUT2D eigenvalue weighted by Crippen LogP contribution is -2.59. The van der Waals surface area contributed by atoms with Gasteiger partial charge >= 0.3 is 0 Å². The molecule has 1 aromatic rings. The Balaban J connectivity index is 2.38. The monoisotopic (exact) mass is 314 g/mol. The van der Waals surface area contributed by atoms with Gasteiger partial charge in [-0.1, -0.05) is 31.9 Å². The molecule has 0 heterocycles. The molecule has 2 rings (SSSR count). The number of halogens is 1. The predicted octanol–water partition coefficient (Wildman–Crippen LogP) is 2.32. The SMILES string of the molecule is Cc1cccc(S(=O)(=O)NC2(CN)CCCCC2C)c1F. The molecular formula is C15H23FN2O2S. The third-order valence-electron chi connectivity index (χ3n) is 4.60. The largest absolute Gasteiger partial charge is 0.329 e. The molecule has 118 valence electrons. The summed E-state index contributed by atoms with van der Waals surface area (Å²) >= 11 is 0. The third kappa shape index (κ3) is 3.12. The fourth-order valence-corrected chi connectivity index (χ4v) is 4.75. The zero-order valence-electron chi connectivity index (χ0n) is 12.5. The van der Waals surface area contributed by atoms with Gasteiger partial charge in [0.1, 0.15) is 10.7 Å². The number of hydrogen-bond acceptors (Lipinski definition) is 3. The molecular weight excluding hydrogens is 291 g/mol. The van der Waals surface area contributed by atoms with Gasteiger partial charge in [-0.25, -0.2) is 17.5 Å². The second kappa shape index (κ2) is 6.02. The molecule has 1 saturated carbocycles. The first-order valence-corrected chi connectivity index (χ1v) is 8.80. The van der Waals surface area contributed by atoms with Crippen molar-refractivity contribution in [3.05, 3.63) is 29.6 Å². The van der Waals surface area contributed by atoms with Gasteiger partial charge in [-0.3, -0.25) is 0 Å². The number of nitrogens with two attached hydrogens (primary N) is 1. The molecule has 1 fully saturated rings. The summed E-state index contributed by atoms with van der Waals surface area (Å²) < 4.78 is 42.0. The van der Waals surface area contributed by atoms with Gasteiger partial charge in [0, 0.05) is 12.1 Å². The Labute approximate surface area is 126 Å². The van der Waals surface area contributed by atoms with Crippen LogP contribution in [0.4, 0.5) is 4.39 Å². The van der Waals surface area contributed by atoms with Crippen LogP contribution in [0.1, 0.15) is 38.2 Å². The Morgan fingerprint density at radius 3 is 2.76 bits per heavy atom. The molecule has 4 nitrogen and oxygen atoms in total. The maximum atomic E-state index is 14.1. The number of hydrogen-bond donors (Lipinski definition) is 2. The van der Waals surface area contributed by atoms with E-state index in [1.54, 1.807) is 19.1 Å². The highest BCUT2D eigenvalue weighted by atomic mass is 32.2. The van der Waals surface area contributed by atoms with E-state index < -0.39 is 21.4 Å². The highest BCUT2D eigenvalue weighted by molar-refractivity contribution is 7.89. The molecule has 6 heteroatoms. The van der Waals surface area contributed by atoms with E-state index in [9.17, 15) is 12.8 Å². The number of rotatable bonds is 4. The molecule has 0 saturated heterocycles. The number of sulfonamides is 1. The summed E-state index contributed by atoms with van der Waals surface area (Å²) in [6.45, 7) is 3.78. The van der Waals surface area contributed by atoms with Gasteiger partial charge in [-0.15, -0.1) is 0 Å². The minimum absolute atomic E-state index is 0.138. The molecule has 3 N–H and O–H groups in total. The van der Waals surface area contributed by atoms with Gasteiger partial charge in [-0.2, -0.15) is 0 Å². The van der Waals surface area contributed by atoms with Crippen molar-refractivity contribution in [2.75, 3.05) is 6.54 Å². The molecule has 0 amide bonds. The van der Waals surface area contributed by atoms with E-state index in [1.807, 2.05) is 6.92 Å². The Morgan fingerprint density at radius 1 is 1.43 bits per heavy atom. The van der Waals surface area contributed by atoms with Crippen LogP contribution < -0.4 is 10.5 Å². The number of benzene rings is 1. The summed E-state index contributed by atoms with van der Waals surface area (Å²) in [5, 5.41) is 0. The lowest BCUT2D eigenvalue weighted by molar-refractivity contribution is 0.191. The molecule has 1 aliphatic carbocycles. The van der Waals surface area contributed by atoms with Gasteiger partial charge < -0.3 is 5.73 Å². The van der Waals surface area contributed by atoms with E-state index in [0.29, 0.717) is 12.0 Å². The van der Waals surface area contributed by atoms with E-state index in [0.717, 1.165) is 19.3 Å². The van der Waals surface area contributed by atoms with Crippen molar-refractivity contribution in [3.8, 4) is 0 Å². The van der Waals surface area contributed by atoms with Gasteiger partial charge in [0.15, 0.2) is 0 Å². The smallest absolute Gasteiger partial charge is 0.244 e. The van der Waals surface area contributed by atoms with Crippen molar-refractivity contribution in [2.24, 2.45) is 11.7 Å². The normalized spacial score (nSPS) is 26.8. The fraction of sp³-hybridized carbons (Fsp3) is 0.600. The van der Waals surface area contributed by atoms with Crippen LogP contribution in [0.3, 0.4) is 0 Å².